The molecule has 0 saturated heterocycles. The number of amides is 2. The molecule has 3 aromatic rings. The lowest BCUT2D eigenvalue weighted by atomic mass is 10.1. The molecule has 0 radical (unpaired) electrons. The molecule has 1 fully saturated rings. The number of nitrogens with one attached hydrogen (secondary N) is 2. The SMILES string of the molecule is CN(C)Cc1ccc(NC(=O)CCc2cccc(Oc3ccnc(C(=O)NC4CC4)c3)c2)cc1C(F)(F)F. The molecule has 7 nitrogen and oxygen atoms in total. The van der Waals surface area contributed by atoms with Crippen LogP contribution in [-0.4, -0.2) is 41.8 Å². The third-order valence-electron chi connectivity index (χ3n) is 5.84. The topological polar surface area (TPSA) is 83.6 Å². The van der Waals surface area contributed by atoms with Crippen LogP contribution in [0, 0.1) is 0 Å². The summed E-state index contributed by atoms with van der Waals surface area (Å²) in [6.07, 6.45) is -0.634. The maximum Gasteiger partial charge on any atom is 0.416 e. The van der Waals surface area contributed by atoms with Crippen LogP contribution in [-0.2, 0) is 23.9 Å². The van der Waals surface area contributed by atoms with Crippen molar-refractivity contribution in [3.8, 4) is 11.5 Å². The van der Waals surface area contributed by atoms with Crippen LogP contribution in [0.5, 0.6) is 11.5 Å². The van der Waals surface area contributed by atoms with Gasteiger partial charge in [-0.1, -0.05) is 18.2 Å². The Morgan fingerprint density at radius 1 is 1.05 bits per heavy atom. The van der Waals surface area contributed by atoms with Crippen LogP contribution >= 0.6 is 0 Å². The Hall–Kier alpha value is -3.92. The predicted molar refractivity (Wildman–Crippen MR) is 137 cm³/mol. The molecular formula is C28H29F3N4O3. The first-order valence-electron chi connectivity index (χ1n) is 12.3. The number of hydrogen-bond donors (Lipinski definition) is 2. The maximum atomic E-state index is 13.5. The summed E-state index contributed by atoms with van der Waals surface area (Å²) < 4.78 is 46.5. The van der Waals surface area contributed by atoms with Crippen molar-refractivity contribution >= 4 is 17.5 Å². The number of carbonyl (C=O) groups excluding carboxylic acids is 2. The number of aryl methyl sites for hydroxylation is 1. The standard InChI is InChI=1S/C28H29F3N4O3/c1-35(2)17-19-7-8-21(15-24(19)28(29,30)31)33-26(36)11-6-18-4-3-5-22(14-18)38-23-12-13-32-25(16-23)27(37)34-20-9-10-20/h3-5,7-8,12-16,20H,6,9-11,17H2,1-2H3,(H,33,36)(H,34,37). The van der Waals surface area contributed by atoms with Crippen LogP contribution in [0.25, 0.3) is 0 Å². The van der Waals surface area contributed by atoms with E-state index in [9.17, 15) is 22.8 Å². The fourth-order valence-electron chi connectivity index (χ4n) is 3.86. The molecule has 2 N–H and O–H groups in total. The highest BCUT2D eigenvalue weighted by Gasteiger charge is 2.33. The van der Waals surface area contributed by atoms with E-state index >= 15 is 0 Å². The molecule has 1 saturated carbocycles. The first-order chi connectivity index (χ1) is 18.1. The average molecular weight is 527 g/mol. The number of ether oxygens (including phenoxy) is 1. The largest absolute Gasteiger partial charge is 0.457 e. The zero-order valence-electron chi connectivity index (χ0n) is 21.1. The molecule has 2 amide bonds. The van der Waals surface area contributed by atoms with E-state index in [0.29, 0.717) is 17.9 Å². The number of anilines is 1. The number of pyridine rings is 1. The van der Waals surface area contributed by atoms with Crippen LogP contribution in [0.2, 0.25) is 0 Å². The third-order valence-corrected chi connectivity index (χ3v) is 5.84. The molecule has 0 spiro atoms. The van der Waals surface area contributed by atoms with Gasteiger partial charge in [-0.25, -0.2) is 0 Å². The van der Waals surface area contributed by atoms with Gasteiger partial charge in [0.25, 0.3) is 5.91 Å². The first-order valence-corrected chi connectivity index (χ1v) is 12.3. The fraction of sp³-hybridized carbons (Fsp3) is 0.321. The number of rotatable bonds is 10. The lowest BCUT2D eigenvalue weighted by Gasteiger charge is -2.17. The Morgan fingerprint density at radius 3 is 2.53 bits per heavy atom. The van der Waals surface area contributed by atoms with E-state index in [-0.39, 0.29) is 41.9 Å². The Balaban J connectivity index is 1.35. The number of aromatic nitrogens is 1. The number of halogens is 3. The summed E-state index contributed by atoms with van der Waals surface area (Å²) in [6.45, 7) is 0.135. The van der Waals surface area contributed by atoms with Crippen molar-refractivity contribution < 1.29 is 27.5 Å². The second-order valence-corrected chi connectivity index (χ2v) is 9.53. The zero-order valence-corrected chi connectivity index (χ0v) is 21.1. The number of nitrogens with zero attached hydrogens (tertiary/aromatic N) is 2. The fourth-order valence-corrected chi connectivity index (χ4v) is 3.86. The lowest BCUT2D eigenvalue weighted by Crippen LogP contribution is -2.26. The maximum absolute atomic E-state index is 13.5. The van der Waals surface area contributed by atoms with Crippen molar-refractivity contribution in [2.75, 3.05) is 19.4 Å². The van der Waals surface area contributed by atoms with E-state index in [2.05, 4.69) is 15.6 Å². The van der Waals surface area contributed by atoms with Crippen molar-refractivity contribution in [2.45, 2.75) is 44.4 Å². The molecule has 4 rings (SSSR count). The van der Waals surface area contributed by atoms with Gasteiger partial charge in [0, 0.05) is 37.0 Å². The lowest BCUT2D eigenvalue weighted by molar-refractivity contribution is -0.138. The first kappa shape index (κ1) is 27.1. The van der Waals surface area contributed by atoms with E-state index in [1.54, 1.807) is 49.3 Å². The highest BCUT2D eigenvalue weighted by molar-refractivity contribution is 5.93. The monoisotopic (exact) mass is 526 g/mol. The third kappa shape index (κ3) is 7.79. The van der Waals surface area contributed by atoms with Gasteiger partial charge >= 0.3 is 6.18 Å². The average Bonchev–Trinajstić information content (AvgIpc) is 3.67. The van der Waals surface area contributed by atoms with Crippen LogP contribution in [0.1, 0.15) is 46.4 Å². The summed E-state index contributed by atoms with van der Waals surface area (Å²) in [4.78, 5) is 30.5. The van der Waals surface area contributed by atoms with Gasteiger partial charge in [-0.05, 0) is 74.8 Å². The van der Waals surface area contributed by atoms with Gasteiger partial charge in [0.05, 0.1) is 5.56 Å². The van der Waals surface area contributed by atoms with E-state index in [1.165, 1.54) is 18.3 Å². The highest BCUT2D eigenvalue weighted by Crippen LogP contribution is 2.34. The van der Waals surface area contributed by atoms with Crippen molar-refractivity contribution in [1.29, 1.82) is 0 Å². The van der Waals surface area contributed by atoms with Crippen molar-refractivity contribution in [1.82, 2.24) is 15.2 Å². The van der Waals surface area contributed by atoms with Crippen molar-refractivity contribution in [3.63, 3.8) is 0 Å². The molecule has 38 heavy (non-hydrogen) atoms. The van der Waals surface area contributed by atoms with Gasteiger partial charge in [-0.2, -0.15) is 13.2 Å². The Morgan fingerprint density at radius 2 is 1.82 bits per heavy atom. The number of carbonyl (C=O) groups is 2. The summed E-state index contributed by atoms with van der Waals surface area (Å²) in [7, 11) is 3.39. The Kier molecular flexibility index (Phi) is 8.31. The molecule has 0 unspecified atom stereocenters. The van der Waals surface area contributed by atoms with Crippen LogP contribution in [0.3, 0.4) is 0 Å². The van der Waals surface area contributed by atoms with Crippen LogP contribution in [0.15, 0.2) is 60.8 Å². The molecule has 2 aromatic carbocycles. The summed E-state index contributed by atoms with van der Waals surface area (Å²) in [5, 5.41) is 5.45. The predicted octanol–water partition coefficient (Wildman–Crippen LogP) is 5.42. The second kappa shape index (κ2) is 11.6. The minimum absolute atomic E-state index is 0.0744. The highest BCUT2D eigenvalue weighted by atomic mass is 19.4. The number of benzene rings is 2. The summed E-state index contributed by atoms with van der Waals surface area (Å²) >= 11 is 0. The number of hydrogen-bond acceptors (Lipinski definition) is 5. The molecule has 1 heterocycles. The van der Waals surface area contributed by atoms with E-state index < -0.39 is 17.6 Å². The molecule has 0 bridgehead atoms. The summed E-state index contributed by atoms with van der Waals surface area (Å²) in [5.41, 5.74) is 0.558. The summed E-state index contributed by atoms with van der Waals surface area (Å²) in [6, 6.07) is 14.4. The van der Waals surface area contributed by atoms with E-state index in [1.807, 2.05) is 6.07 Å². The van der Waals surface area contributed by atoms with Crippen molar-refractivity contribution in [2.24, 2.45) is 0 Å². The molecule has 0 aliphatic heterocycles. The van der Waals surface area contributed by atoms with Gasteiger partial charge in [-0.15, -0.1) is 0 Å². The molecule has 1 aliphatic rings. The van der Waals surface area contributed by atoms with E-state index in [4.69, 9.17) is 4.74 Å². The zero-order chi connectivity index (χ0) is 27.3. The second-order valence-electron chi connectivity index (χ2n) is 9.53. The molecule has 200 valence electrons. The minimum Gasteiger partial charge on any atom is -0.457 e. The quantitative estimate of drug-likeness (QED) is 0.369. The molecule has 1 aromatic heterocycles. The van der Waals surface area contributed by atoms with Crippen molar-refractivity contribution in [3.05, 3.63) is 83.2 Å². The van der Waals surface area contributed by atoms with Crippen LogP contribution < -0.4 is 15.4 Å². The van der Waals surface area contributed by atoms with Gasteiger partial charge in [0.2, 0.25) is 5.91 Å². The molecule has 0 atom stereocenters. The smallest absolute Gasteiger partial charge is 0.416 e. The van der Waals surface area contributed by atoms with Gasteiger partial charge < -0.3 is 20.3 Å². The minimum atomic E-state index is -4.52. The normalized spacial score (nSPS) is 13.3. The molecule has 10 heteroatoms. The van der Waals surface area contributed by atoms with Gasteiger partial charge in [-0.3, -0.25) is 14.6 Å². The molecular weight excluding hydrogens is 497 g/mol. The molecule has 1 aliphatic carbocycles. The summed E-state index contributed by atoms with van der Waals surface area (Å²) in [5.74, 6) is 0.334. The Labute approximate surface area is 219 Å². The Bertz CT molecular complexity index is 1310. The number of alkyl halides is 3. The van der Waals surface area contributed by atoms with Gasteiger partial charge in [0.15, 0.2) is 0 Å². The van der Waals surface area contributed by atoms with Crippen LogP contribution in [0.4, 0.5) is 18.9 Å². The van der Waals surface area contributed by atoms with E-state index in [0.717, 1.165) is 24.5 Å². The van der Waals surface area contributed by atoms with Gasteiger partial charge in [0.1, 0.15) is 17.2 Å².